The average molecular weight is 122 g/mol. The predicted molar refractivity (Wildman–Crippen MR) is 28.6 cm³/mol. The first-order valence-electron chi connectivity index (χ1n) is 1.83. The number of rotatable bonds is 2. The Labute approximate surface area is 43.9 Å². The molecule has 0 aliphatic rings. The highest BCUT2D eigenvalue weighted by molar-refractivity contribution is 7.16. The summed E-state index contributed by atoms with van der Waals surface area (Å²) in [5.74, 6) is 0. The van der Waals surface area contributed by atoms with E-state index in [1.165, 1.54) is 0 Å². The van der Waals surface area contributed by atoms with Crippen LogP contribution in [0.2, 0.25) is 0 Å². The van der Waals surface area contributed by atoms with Crippen molar-refractivity contribution < 1.29 is 14.6 Å². The molecule has 0 heterocycles. The molecule has 1 unspecified atom stereocenters. The Morgan fingerprint density at radius 2 is 2.43 bits per heavy atom. The van der Waals surface area contributed by atoms with E-state index in [4.69, 9.17) is 5.11 Å². The van der Waals surface area contributed by atoms with Crippen molar-refractivity contribution in [2.24, 2.45) is 0 Å². The van der Waals surface area contributed by atoms with Crippen LogP contribution in [0, 0.1) is 0 Å². The Balaban J connectivity index is 2.82. The van der Waals surface area contributed by atoms with Crippen LogP contribution in [-0.2, 0) is 4.74 Å². The standard InChI is InChI=1S/C3H7O3P/c4-3(5)6-1-2-7/h1-2,7H2,(H,4,5). The normalized spacial score (nSPS) is 8.14. The third-order valence-corrected chi connectivity index (χ3v) is 0.579. The van der Waals surface area contributed by atoms with Gasteiger partial charge in [-0.3, -0.25) is 0 Å². The van der Waals surface area contributed by atoms with Crippen molar-refractivity contribution >= 4 is 15.4 Å². The summed E-state index contributed by atoms with van der Waals surface area (Å²) in [4.78, 5) is 9.53. The van der Waals surface area contributed by atoms with E-state index in [9.17, 15) is 4.79 Å². The lowest BCUT2D eigenvalue weighted by Crippen LogP contribution is -2.01. The summed E-state index contributed by atoms with van der Waals surface area (Å²) in [7, 11) is 2.36. The maximum Gasteiger partial charge on any atom is 0.505 e. The van der Waals surface area contributed by atoms with Crippen molar-refractivity contribution in [3.05, 3.63) is 0 Å². The summed E-state index contributed by atoms with van der Waals surface area (Å²) in [5, 5.41) is 7.81. The molecule has 0 bridgehead atoms. The van der Waals surface area contributed by atoms with E-state index in [0.717, 1.165) is 0 Å². The van der Waals surface area contributed by atoms with Gasteiger partial charge in [0.2, 0.25) is 0 Å². The van der Waals surface area contributed by atoms with E-state index >= 15 is 0 Å². The molecule has 7 heavy (non-hydrogen) atoms. The van der Waals surface area contributed by atoms with Crippen LogP contribution in [-0.4, -0.2) is 24.0 Å². The number of ether oxygens (including phenoxy) is 1. The van der Waals surface area contributed by atoms with Crippen LogP contribution in [0.4, 0.5) is 4.79 Å². The molecule has 0 amide bonds. The first-order valence-corrected chi connectivity index (χ1v) is 2.65. The van der Waals surface area contributed by atoms with Crippen LogP contribution in [0.3, 0.4) is 0 Å². The zero-order valence-electron chi connectivity index (χ0n) is 3.76. The lowest BCUT2D eigenvalue weighted by atomic mass is 10.9. The van der Waals surface area contributed by atoms with E-state index in [1.54, 1.807) is 0 Å². The number of carboxylic acid groups (broad SMARTS) is 1. The molecule has 0 radical (unpaired) electrons. The van der Waals surface area contributed by atoms with Gasteiger partial charge in [-0.2, -0.15) is 0 Å². The van der Waals surface area contributed by atoms with E-state index < -0.39 is 6.16 Å². The summed E-state index contributed by atoms with van der Waals surface area (Å²) < 4.78 is 4.09. The Morgan fingerprint density at radius 1 is 1.86 bits per heavy atom. The SMILES string of the molecule is O=C(O)OCCP. The minimum Gasteiger partial charge on any atom is -0.450 e. The first kappa shape index (κ1) is 6.70. The lowest BCUT2D eigenvalue weighted by molar-refractivity contribution is 0.0974. The fraction of sp³-hybridized carbons (Fsp3) is 0.667. The van der Waals surface area contributed by atoms with Crippen LogP contribution in [0.25, 0.3) is 0 Å². The number of carbonyl (C=O) groups is 1. The smallest absolute Gasteiger partial charge is 0.450 e. The molecule has 0 saturated heterocycles. The van der Waals surface area contributed by atoms with Crippen molar-refractivity contribution in [3.8, 4) is 0 Å². The van der Waals surface area contributed by atoms with E-state index in [0.29, 0.717) is 6.16 Å². The molecule has 0 aromatic rings. The molecule has 42 valence electrons. The van der Waals surface area contributed by atoms with Crippen LogP contribution >= 0.6 is 9.24 Å². The molecule has 3 nitrogen and oxygen atoms in total. The van der Waals surface area contributed by atoms with Gasteiger partial charge >= 0.3 is 6.16 Å². The zero-order valence-corrected chi connectivity index (χ0v) is 4.91. The van der Waals surface area contributed by atoms with E-state index in [2.05, 4.69) is 14.0 Å². The number of hydrogen-bond donors (Lipinski definition) is 1. The van der Waals surface area contributed by atoms with Crippen molar-refractivity contribution in [3.63, 3.8) is 0 Å². The topological polar surface area (TPSA) is 46.5 Å². The maximum absolute atomic E-state index is 9.53. The molecule has 0 spiro atoms. The molecular formula is C3H7O3P. The molecule has 0 aliphatic carbocycles. The third-order valence-electron chi connectivity index (χ3n) is 0.343. The van der Waals surface area contributed by atoms with Crippen molar-refractivity contribution in [2.45, 2.75) is 0 Å². The molecule has 4 heteroatoms. The molecule has 0 aromatic heterocycles. The molecule has 1 N–H and O–H groups in total. The highest BCUT2D eigenvalue weighted by atomic mass is 31.0. The van der Waals surface area contributed by atoms with Gasteiger partial charge in [0.1, 0.15) is 0 Å². The Hall–Kier alpha value is -0.300. The van der Waals surface area contributed by atoms with Crippen LogP contribution in [0.5, 0.6) is 0 Å². The molecule has 0 aromatic carbocycles. The van der Waals surface area contributed by atoms with Gasteiger partial charge in [-0.05, 0) is 6.16 Å². The largest absolute Gasteiger partial charge is 0.505 e. The van der Waals surface area contributed by atoms with Gasteiger partial charge < -0.3 is 9.84 Å². The monoisotopic (exact) mass is 122 g/mol. The van der Waals surface area contributed by atoms with E-state index in [-0.39, 0.29) is 6.61 Å². The molecular weight excluding hydrogens is 115 g/mol. The summed E-state index contributed by atoms with van der Waals surface area (Å²) in [5.41, 5.74) is 0. The van der Waals surface area contributed by atoms with Gasteiger partial charge in [-0.1, -0.05) is 0 Å². The van der Waals surface area contributed by atoms with Crippen molar-refractivity contribution in [2.75, 3.05) is 12.8 Å². The van der Waals surface area contributed by atoms with Gasteiger partial charge in [0.05, 0.1) is 6.61 Å². The third kappa shape index (κ3) is 5.70. The second-order valence-corrected chi connectivity index (χ2v) is 1.48. The Morgan fingerprint density at radius 3 is 2.57 bits per heavy atom. The quantitative estimate of drug-likeness (QED) is 0.430. The zero-order chi connectivity index (χ0) is 5.70. The van der Waals surface area contributed by atoms with Gasteiger partial charge in [0, 0.05) is 0 Å². The Kier molecular flexibility index (Phi) is 3.71. The fourth-order valence-corrected chi connectivity index (χ4v) is 0.264. The highest BCUT2D eigenvalue weighted by Gasteiger charge is 1.89. The van der Waals surface area contributed by atoms with Crippen molar-refractivity contribution in [1.82, 2.24) is 0 Å². The minimum atomic E-state index is -1.21. The number of hydrogen-bond acceptors (Lipinski definition) is 2. The Bertz CT molecular complexity index is 63.2. The second kappa shape index (κ2) is 3.88. The molecule has 0 aliphatic heterocycles. The molecule has 0 rings (SSSR count). The van der Waals surface area contributed by atoms with Crippen LogP contribution in [0.1, 0.15) is 0 Å². The lowest BCUT2D eigenvalue weighted by Gasteiger charge is -1.91. The van der Waals surface area contributed by atoms with Crippen LogP contribution in [0.15, 0.2) is 0 Å². The minimum absolute atomic E-state index is 0.264. The second-order valence-electron chi connectivity index (χ2n) is 0.903. The predicted octanol–water partition coefficient (Wildman–Crippen LogP) is 0.556. The van der Waals surface area contributed by atoms with E-state index in [1.807, 2.05) is 0 Å². The first-order chi connectivity index (χ1) is 3.27. The maximum atomic E-state index is 9.53. The van der Waals surface area contributed by atoms with Gasteiger partial charge in [0.25, 0.3) is 0 Å². The molecule has 0 fully saturated rings. The highest BCUT2D eigenvalue weighted by Crippen LogP contribution is 1.81. The molecule has 0 saturated carbocycles. The summed E-state index contributed by atoms with van der Waals surface area (Å²) >= 11 is 0. The summed E-state index contributed by atoms with van der Waals surface area (Å²) in [6, 6.07) is 0. The summed E-state index contributed by atoms with van der Waals surface area (Å²) in [6.07, 6.45) is -0.547. The van der Waals surface area contributed by atoms with Crippen molar-refractivity contribution in [1.29, 1.82) is 0 Å². The van der Waals surface area contributed by atoms with Gasteiger partial charge in [-0.25, -0.2) is 4.79 Å². The van der Waals surface area contributed by atoms with Gasteiger partial charge in [0.15, 0.2) is 0 Å². The van der Waals surface area contributed by atoms with Gasteiger partial charge in [-0.15, -0.1) is 9.24 Å². The van der Waals surface area contributed by atoms with Crippen LogP contribution < -0.4 is 0 Å². The fourth-order valence-electron chi connectivity index (χ4n) is 0.146. The summed E-state index contributed by atoms with van der Waals surface area (Å²) in [6.45, 7) is 0.264. The molecule has 1 atom stereocenters. The average Bonchev–Trinajstić information content (AvgIpc) is 1.61.